The highest BCUT2D eigenvalue weighted by molar-refractivity contribution is 6.05. The minimum absolute atomic E-state index is 0.101. The van der Waals surface area contributed by atoms with E-state index >= 15 is 0 Å². The maximum Gasteiger partial charge on any atom is 0.233 e. The molecule has 4 heteroatoms. The molecule has 1 saturated heterocycles. The number of fused-ring (bicyclic) bond motifs is 1. The fourth-order valence-corrected chi connectivity index (χ4v) is 3.34. The van der Waals surface area contributed by atoms with Crippen molar-refractivity contribution in [2.24, 2.45) is 11.8 Å². The molecular weight excluding hydrogens is 242 g/mol. The Morgan fingerprint density at radius 3 is 2.21 bits per heavy atom. The molecule has 1 saturated carbocycles. The Morgan fingerprint density at radius 2 is 1.68 bits per heavy atom. The quantitative estimate of drug-likeness (QED) is 0.837. The zero-order valence-electron chi connectivity index (χ0n) is 10.7. The van der Waals surface area contributed by atoms with E-state index in [0.29, 0.717) is 0 Å². The molecule has 1 N–H and O–H groups in total. The molecule has 100 valence electrons. The summed E-state index contributed by atoms with van der Waals surface area (Å²) in [7, 11) is 0. The van der Waals surface area contributed by atoms with Crippen molar-refractivity contribution in [1.29, 1.82) is 0 Å². The van der Waals surface area contributed by atoms with Crippen molar-refractivity contribution in [2.75, 3.05) is 6.61 Å². The fraction of sp³-hybridized carbons (Fsp3) is 0.467. The number of imide groups is 1. The van der Waals surface area contributed by atoms with Crippen LogP contribution < -0.4 is 0 Å². The third kappa shape index (κ3) is 1.87. The summed E-state index contributed by atoms with van der Waals surface area (Å²) >= 11 is 0. The number of nitrogens with zero attached hydrogens (tertiary/aromatic N) is 1. The number of benzene rings is 1. The van der Waals surface area contributed by atoms with Gasteiger partial charge in [0.2, 0.25) is 11.8 Å². The normalized spacial score (nSPS) is 27.7. The van der Waals surface area contributed by atoms with Crippen LogP contribution in [-0.4, -0.2) is 28.4 Å². The van der Waals surface area contributed by atoms with E-state index in [-0.39, 0.29) is 30.3 Å². The summed E-state index contributed by atoms with van der Waals surface area (Å²) in [5.74, 6) is -0.499. The van der Waals surface area contributed by atoms with Crippen molar-refractivity contribution in [3.8, 4) is 0 Å². The lowest BCUT2D eigenvalue weighted by molar-refractivity contribution is -0.144. The van der Waals surface area contributed by atoms with Crippen molar-refractivity contribution < 1.29 is 14.7 Å². The highest BCUT2D eigenvalue weighted by Crippen LogP contribution is 2.42. The van der Waals surface area contributed by atoms with E-state index in [4.69, 9.17) is 0 Å². The molecule has 1 aliphatic carbocycles. The van der Waals surface area contributed by atoms with Gasteiger partial charge in [-0.15, -0.1) is 0 Å². The molecule has 1 aliphatic heterocycles. The Labute approximate surface area is 112 Å². The molecule has 0 aromatic heterocycles. The molecule has 0 spiro atoms. The second-order valence-corrected chi connectivity index (χ2v) is 5.30. The Hall–Kier alpha value is -1.68. The summed E-state index contributed by atoms with van der Waals surface area (Å²) in [6, 6.07) is 8.73. The fourth-order valence-electron chi connectivity index (χ4n) is 3.34. The van der Waals surface area contributed by atoms with Crippen LogP contribution >= 0.6 is 0 Å². The van der Waals surface area contributed by atoms with E-state index in [1.807, 2.05) is 30.3 Å². The number of carbonyl (C=O) groups is 2. The van der Waals surface area contributed by atoms with Crippen LogP contribution in [0.1, 0.15) is 30.9 Å². The van der Waals surface area contributed by atoms with Gasteiger partial charge in [-0.1, -0.05) is 36.8 Å². The molecule has 0 bridgehead atoms. The summed E-state index contributed by atoms with van der Waals surface area (Å²) < 4.78 is 0. The van der Waals surface area contributed by atoms with Crippen molar-refractivity contribution in [2.45, 2.75) is 25.3 Å². The van der Waals surface area contributed by atoms with E-state index in [2.05, 4.69) is 0 Å². The Morgan fingerprint density at radius 1 is 1.11 bits per heavy atom. The Kier molecular flexibility index (Phi) is 3.11. The minimum atomic E-state index is -0.535. The van der Waals surface area contributed by atoms with Gasteiger partial charge in [0.05, 0.1) is 24.5 Å². The first-order valence-electron chi connectivity index (χ1n) is 6.76. The molecule has 4 nitrogen and oxygen atoms in total. The molecule has 2 amide bonds. The molecule has 3 rings (SSSR count). The lowest BCUT2D eigenvalue weighted by Gasteiger charge is -2.26. The smallest absolute Gasteiger partial charge is 0.233 e. The number of aliphatic hydroxyl groups excluding tert-OH is 1. The van der Waals surface area contributed by atoms with Crippen LogP contribution in [0.2, 0.25) is 0 Å². The van der Waals surface area contributed by atoms with E-state index in [1.54, 1.807) is 0 Å². The number of rotatable bonds is 3. The SMILES string of the molecule is O=C1C2CCCC2C(=O)N1C(CO)c1ccccc1. The Balaban J connectivity index is 1.92. The van der Waals surface area contributed by atoms with Gasteiger partial charge in [-0.2, -0.15) is 0 Å². The number of carbonyl (C=O) groups excluding carboxylic acids is 2. The van der Waals surface area contributed by atoms with E-state index in [9.17, 15) is 14.7 Å². The summed E-state index contributed by atoms with van der Waals surface area (Å²) in [5, 5.41) is 9.59. The van der Waals surface area contributed by atoms with Crippen LogP contribution in [0, 0.1) is 11.8 Å². The van der Waals surface area contributed by atoms with Crippen LogP contribution in [0.25, 0.3) is 0 Å². The van der Waals surface area contributed by atoms with Crippen molar-refractivity contribution in [1.82, 2.24) is 4.90 Å². The molecule has 0 radical (unpaired) electrons. The first-order chi connectivity index (χ1) is 9.24. The molecule has 1 aromatic rings. The maximum absolute atomic E-state index is 12.4. The van der Waals surface area contributed by atoms with E-state index in [0.717, 1.165) is 24.8 Å². The van der Waals surface area contributed by atoms with Gasteiger partial charge < -0.3 is 5.11 Å². The Bertz CT molecular complexity index is 477. The van der Waals surface area contributed by atoms with Crippen molar-refractivity contribution >= 4 is 11.8 Å². The third-order valence-electron chi connectivity index (χ3n) is 4.29. The van der Waals surface area contributed by atoms with Crippen LogP contribution in [0.3, 0.4) is 0 Å². The zero-order chi connectivity index (χ0) is 13.4. The molecule has 2 fully saturated rings. The zero-order valence-corrected chi connectivity index (χ0v) is 10.7. The van der Waals surface area contributed by atoms with Crippen LogP contribution in [-0.2, 0) is 9.59 Å². The van der Waals surface area contributed by atoms with Crippen LogP contribution in [0.5, 0.6) is 0 Å². The third-order valence-corrected chi connectivity index (χ3v) is 4.29. The summed E-state index contributed by atoms with van der Waals surface area (Å²) in [5.41, 5.74) is 0.812. The molecule has 3 unspecified atom stereocenters. The number of amides is 2. The van der Waals surface area contributed by atoms with Gasteiger partial charge in [0, 0.05) is 0 Å². The monoisotopic (exact) mass is 259 g/mol. The largest absolute Gasteiger partial charge is 0.394 e. The molecule has 1 heterocycles. The number of hydrogen-bond acceptors (Lipinski definition) is 3. The van der Waals surface area contributed by atoms with Crippen molar-refractivity contribution in [3.63, 3.8) is 0 Å². The summed E-state index contributed by atoms with van der Waals surface area (Å²) in [4.78, 5) is 26.0. The topological polar surface area (TPSA) is 57.6 Å². The van der Waals surface area contributed by atoms with Crippen molar-refractivity contribution in [3.05, 3.63) is 35.9 Å². The average molecular weight is 259 g/mol. The van der Waals surface area contributed by atoms with Gasteiger partial charge in [-0.05, 0) is 18.4 Å². The lowest BCUT2D eigenvalue weighted by Crippen LogP contribution is -2.37. The van der Waals surface area contributed by atoms with Gasteiger partial charge >= 0.3 is 0 Å². The number of likely N-dealkylation sites (tertiary alicyclic amines) is 1. The predicted molar refractivity (Wildman–Crippen MR) is 69.0 cm³/mol. The van der Waals surface area contributed by atoms with E-state index < -0.39 is 6.04 Å². The second-order valence-electron chi connectivity index (χ2n) is 5.30. The molecule has 3 atom stereocenters. The van der Waals surface area contributed by atoms with Gasteiger partial charge in [-0.25, -0.2) is 0 Å². The summed E-state index contributed by atoms with van der Waals surface area (Å²) in [6.45, 7) is -0.221. The predicted octanol–water partition coefficient (Wildman–Crippen LogP) is 1.51. The van der Waals surface area contributed by atoms with Gasteiger partial charge in [0.1, 0.15) is 0 Å². The van der Waals surface area contributed by atoms with Crippen LogP contribution in [0.4, 0.5) is 0 Å². The number of hydrogen-bond donors (Lipinski definition) is 1. The maximum atomic E-state index is 12.4. The first kappa shape index (κ1) is 12.4. The standard InChI is InChI=1S/C15H17NO3/c17-9-13(10-5-2-1-3-6-10)16-14(18)11-7-4-8-12(11)15(16)19/h1-3,5-6,11-13,17H,4,7-9H2. The van der Waals surface area contributed by atoms with Gasteiger partial charge in [0.15, 0.2) is 0 Å². The minimum Gasteiger partial charge on any atom is -0.394 e. The highest BCUT2D eigenvalue weighted by atomic mass is 16.3. The average Bonchev–Trinajstić information content (AvgIpc) is 3.00. The second kappa shape index (κ2) is 4.78. The lowest BCUT2D eigenvalue weighted by atomic mass is 10.00. The molecule has 2 aliphatic rings. The summed E-state index contributed by atoms with van der Waals surface area (Å²) in [6.07, 6.45) is 2.56. The van der Waals surface area contributed by atoms with Gasteiger partial charge in [-0.3, -0.25) is 14.5 Å². The van der Waals surface area contributed by atoms with Gasteiger partial charge in [0.25, 0.3) is 0 Å². The highest BCUT2D eigenvalue weighted by Gasteiger charge is 2.51. The molecule has 19 heavy (non-hydrogen) atoms. The van der Waals surface area contributed by atoms with Crippen LogP contribution in [0.15, 0.2) is 30.3 Å². The molecule has 1 aromatic carbocycles. The first-order valence-corrected chi connectivity index (χ1v) is 6.76. The van der Waals surface area contributed by atoms with E-state index in [1.165, 1.54) is 4.90 Å². The molecular formula is C15H17NO3. The number of aliphatic hydroxyl groups is 1.